The molecule has 1 fully saturated rings. The number of aliphatic imine (C=N–C) groups is 1. The number of morpholine rings is 1. The molecular weight excluding hydrogens is 316 g/mol. The minimum Gasteiger partial charge on any atom is -0.491 e. The first-order valence-electron chi connectivity index (χ1n) is 9.17. The standard InChI is InChI=1S/C19H32N4O2/c1-16(2)17-6-4-5-7-18(17)25-13-9-22-19(20-3)21-8-10-23-11-14-24-15-12-23/h4-7,16H,8-15H2,1-3H3,(H2,20,21,22). The topological polar surface area (TPSA) is 58.1 Å². The van der Waals surface area contributed by atoms with Crippen LogP contribution in [0.15, 0.2) is 29.3 Å². The molecule has 1 aromatic rings. The molecule has 0 atom stereocenters. The van der Waals surface area contributed by atoms with Crippen LogP contribution in [0.4, 0.5) is 0 Å². The van der Waals surface area contributed by atoms with Crippen LogP contribution in [0.2, 0.25) is 0 Å². The molecule has 0 spiro atoms. The molecule has 2 rings (SSSR count). The van der Waals surface area contributed by atoms with E-state index in [1.807, 2.05) is 12.1 Å². The zero-order valence-electron chi connectivity index (χ0n) is 15.8. The van der Waals surface area contributed by atoms with E-state index in [-0.39, 0.29) is 0 Å². The average Bonchev–Trinajstić information content (AvgIpc) is 2.64. The van der Waals surface area contributed by atoms with Crippen molar-refractivity contribution in [2.24, 2.45) is 4.99 Å². The number of nitrogens with zero attached hydrogens (tertiary/aromatic N) is 2. The van der Waals surface area contributed by atoms with E-state index in [0.29, 0.717) is 19.1 Å². The molecule has 0 unspecified atom stereocenters. The van der Waals surface area contributed by atoms with E-state index in [2.05, 4.69) is 46.5 Å². The van der Waals surface area contributed by atoms with Crippen molar-refractivity contribution in [3.63, 3.8) is 0 Å². The summed E-state index contributed by atoms with van der Waals surface area (Å²) in [5.74, 6) is 2.24. The molecule has 2 N–H and O–H groups in total. The SMILES string of the molecule is CN=C(NCCOc1ccccc1C(C)C)NCCN1CCOCC1. The molecule has 0 aliphatic carbocycles. The Kier molecular flexibility index (Phi) is 8.55. The van der Waals surface area contributed by atoms with Crippen molar-refractivity contribution in [3.8, 4) is 5.75 Å². The number of rotatable bonds is 8. The quantitative estimate of drug-likeness (QED) is 0.425. The van der Waals surface area contributed by atoms with Gasteiger partial charge in [-0.25, -0.2) is 0 Å². The Bertz CT molecular complexity index is 528. The lowest BCUT2D eigenvalue weighted by Gasteiger charge is -2.26. The maximum Gasteiger partial charge on any atom is 0.191 e. The summed E-state index contributed by atoms with van der Waals surface area (Å²) in [6.07, 6.45) is 0. The van der Waals surface area contributed by atoms with Gasteiger partial charge in [0.2, 0.25) is 0 Å². The Hall–Kier alpha value is -1.79. The molecule has 6 heteroatoms. The van der Waals surface area contributed by atoms with Crippen molar-refractivity contribution >= 4 is 5.96 Å². The normalized spacial score (nSPS) is 16.1. The van der Waals surface area contributed by atoms with Crippen LogP contribution in [0.25, 0.3) is 0 Å². The minimum atomic E-state index is 0.457. The largest absolute Gasteiger partial charge is 0.491 e. The van der Waals surface area contributed by atoms with Crippen LogP contribution in [0.5, 0.6) is 5.75 Å². The van der Waals surface area contributed by atoms with Crippen molar-refractivity contribution in [2.45, 2.75) is 19.8 Å². The number of guanidine groups is 1. The number of ether oxygens (including phenoxy) is 2. The average molecular weight is 348 g/mol. The Morgan fingerprint density at radius 2 is 1.92 bits per heavy atom. The van der Waals surface area contributed by atoms with E-state index in [4.69, 9.17) is 9.47 Å². The molecule has 1 aliphatic rings. The molecule has 1 saturated heterocycles. The van der Waals surface area contributed by atoms with Crippen molar-refractivity contribution in [1.82, 2.24) is 15.5 Å². The summed E-state index contributed by atoms with van der Waals surface area (Å²) in [6.45, 7) is 11.2. The first kappa shape index (κ1) is 19.5. The van der Waals surface area contributed by atoms with Gasteiger partial charge in [0.05, 0.1) is 19.8 Å². The molecular formula is C19H32N4O2. The number of para-hydroxylation sites is 1. The van der Waals surface area contributed by atoms with Gasteiger partial charge in [0.25, 0.3) is 0 Å². The van der Waals surface area contributed by atoms with Gasteiger partial charge in [0, 0.05) is 33.2 Å². The second kappa shape index (κ2) is 10.9. The number of benzene rings is 1. The highest BCUT2D eigenvalue weighted by Gasteiger charge is 2.10. The molecule has 1 aliphatic heterocycles. The van der Waals surface area contributed by atoms with Gasteiger partial charge in [-0.3, -0.25) is 9.89 Å². The third kappa shape index (κ3) is 6.92. The Morgan fingerprint density at radius 1 is 1.20 bits per heavy atom. The van der Waals surface area contributed by atoms with Gasteiger partial charge in [-0.05, 0) is 17.5 Å². The first-order valence-corrected chi connectivity index (χ1v) is 9.17. The third-order valence-corrected chi connectivity index (χ3v) is 4.24. The molecule has 6 nitrogen and oxygen atoms in total. The molecule has 1 heterocycles. The Balaban J connectivity index is 1.64. The summed E-state index contributed by atoms with van der Waals surface area (Å²) in [6, 6.07) is 8.23. The molecule has 25 heavy (non-hydrogen) atoms. The molecule has 0 amide bonds. The van der Waals surface area contributed by atoms with Gasteiger partial charge in [-0.15, -0.1) is 0 Å². The Labute approximate surface area is 151 Å². The molecule has 0 radical (unpaired) electrons. The van der Waals surface area contributed by atoms with Crippen LogP contribution in [-0.4, -0.2) is 70.5 Å². The fourth-order valence-corrected chi connectivity index (χ4v) is 2.80. The van der Waals surface area contributed by atoms with Crippen LogP contribution >= 0.6 is 0 Å². The summed E-state index contributed by atoms with van der Waals surface area (Å²) in [5, 5.41) is 6.64. The second-order valence-electron chi connectivity index (χ2n) is 6.42. The lowest BCUT2D eigenvalue weighted by molar-refractivity contribution is 0.0389. The highest BCUT2D eigenvalue weighted by Crippen LogP contribution is 2.25. The van der Waals surface area contributed by atoms with E-state index in [9.17, 15) is 0 Å². The first-order chi connectivity index (χ1) is 12.2. The summed E-state index contributed by atoms with van der Waals surface area (Å²) >= 11 is 0. The molecule has 0 saturated carbocycles. The summed E-state index contributed by atoms with van der Waals surface area (Å²) < 4.78 is 11.3. The zero-order chi connectivity index (χ0) is 17.9. The fraction of sp³-hybridized carbons (Fsp3) is 0.632. The third-order valence-electron chi connectivity index (χ3n) is 4.24. The van der Waals surface area contributed by atoms with Crippen LogP contribution in [0.1, 0.15) is 25.3 Å². The predicted molar refractivity (Wildman–Crippen MR) is 103 cm³/mol. The van der Waals surface area contributed by atoms with Gasteiger partial charge in [-0.1, -0.05) is 32.0 Å². The zero-order valence-corrected chi connectivity index (χ0v) is 15.8. The minimum absolute atomic E-state index is 0.457. The van der Waals surface area contributed by atoms with Crippen molar-refractivity contribution in [1.29, 1.82) is 0 Å². The lowest BCUT2D eigenvalue weighted by Crippen LogP contribution is -2.45. The molecule has 1 aromatic carbocycles. The van der Waals surface area contributed by atoms with Crippen LogP contribution in [0, 0.1) is 0 Å². The van der Waals surface area contributed by atoms with Gasteiger partial charge in [-0.2, -0.15) is 0 Å². The number of nitrogens with one attached hydrogen (secondary N) is 2. The summed E-state index contributed by atoms with van der Waals surface area (Å²) in [4.78, 5) is 6.66. The maximum atomic E-state index is 5.93. The molecule has 0 aromatic heterocycles. The van der Waals surface area contributed by atoms with E-state index < -0.39 is 0 Å². The van der Waals surface area contributed by atoms with E-state index in [1.165, 1.54) is 5.56 Å². The van der Waals surface area contributed by atoms with Gasteiger partial charge in [0.1, 0.15) is 12.4 Å². The van der Waals surface area contributed by atoms with Crippen molar-refractivity contribution < 1.29 is 9.47 Å². The Morgan fingerprint density at radius 3 is 2.64 bits per heavy atom. The second-order valence-corrected chi connectivity index (χ2v) is 6.42. The van der Waals surface area contributed by atoms with Gasteiger partial charge < -0.3 is 20.1 Å². The summed E-state index contributed by atoms with van der Waals surface area (Å²) in [5.41, 5.74) is 1.25. The molecule has 0 bridgehead atoms. The van der Waals surface area contributed by atoms with Crippen LogP contribution in [-0.2, 0) is 4.74 Å². The smallest absolute Gasteiger partial charge is 0.191 e. The highest BCUT2D eigenvalue weighted by molar-refractivity contribution is 5.79. The summed E-state index contributed by atoms with van der Waals surface area (Å²) in [7, 11) is 1.79. The van der Waals surface area contributed by atoms with Crippen LogP contribution in [0.3, 0.4) is 0 Å². The van der Waals surface area contributed by atoms with E-state index in [1.54, 1.807) is 7.05 Å². The maximum absolute atomic E-state index is 5.93. The monoisotopic (exact) mass is 348 g/mol. The molecule has 140 valence electrons. The van der Waals surface area contributed by atoms with E-state index in [0.717, 1.165) is 51.1 Å². The number of hydrogen-bond acceptors (Lipinski definition) is 4. The lowest BCUT2D eigenvalue weighted by atomic mass is 10.0. The predicted octanol–water partition coefficient (Wildman–Crippen LogP) is 1.69. The van der Waals surface area contributed by atoms with E-state index >= 15 is 0 Å². The van der Waals surface area contributed by atoms with Crippen LogP contribution < -0.4 is 15.4 Å². The van der Waals surface area contributed by atoms with Crippen molar-refractivity contribution in [2.75, 3.05) is 59.6 Å². The van der Waals surface area contributed by atoms with Gasteiger partial charge in [0.15, 0.2) is 5.96 Å². The fourth-order valence-electron chi connectivity index (χ4n) is 2.80. The number of hydrogen-bond donors (Lipinski definition) is 2. The van der Waals surface area contributed by atoms with Crippen molar-refractivity contribution in [3.05, 3.63) is 29.8 Å². The van der Waals surface area contributed by atoms with Gasteiger partial charge >= 0.3 is 0 Å². The highest BCUT2D eigenvalue weighted by atomic mass is 16.5.